The maximum absolute atomic E-state index is 11.2. The van der Waals surface area contributed by atoms with Crippen molar-refractivity contribution in [2.24, 2.45) is 5.73 Å². The van der Waals surface area contributed by atoms with E-state index >= 15 is 0 Å². The normalized spacial score (nSPS) is 16.1. The third-order valence-electron chi connectivity index (χ3n) is 1.30. The van der Waals surface area contributed by atoms with Crippen LogP contribution in [0.5, 0.6) is 0 Å². The van der Waals surface area contributed by atoms with E-state index in [1.807, 2.05) is 6.92 Å². The molecule has 0 aliphatic rings. The number of hydrogen-bond acceptors (Lipinski definition) is 4. The van der Waals surface area contributed by atoms with Crippen LogP contribution in [0.25, 0.3) is 0 Å². The Morgan fingerprint density at radius 2 is 2.15 bits per heavy atom. The van der Waals surface area contributed by atoms with Crippen molar-refractivity contribution in [2.75, 3.05) is 27.2 Å². The van der Waals surface area contributed by atoms with Crippen LogP contribution in [0.15, 0.2) is 0 Å². The Bertz CT molecular complexity index is 155. The second-order valence-corrected chi connectivity index (χ2v) is 4.48. The predicted molar refractivity (Wildman–Crippen MR) is 52.9 cm³/mol. The van der Waals surface area contributed by atoms with Crippen LogP contribution >= 0.6 is 8.18 Å². The minimum Gasteiger partial charge on any atom is -0.351 e. The Morgan fingerprint density at radius 1 is 1.54 bits per heavy atom. The van der Waals surface area contributed by atoms with Crippen LogP contribution in [0.4, 0.5) is 0 Å². The highest BCUT2D eigenvalue weighted by Gasteiger charge is 2.11. The van der Waals surface area contributed by atoms with E-state index in [0.29, 0.717) is 6.61 Å². The predicted octanol–water partition coefficient (Wildman–Crippen LogP) is 0.666. The molecule has 0 fully saturated rings. The fourth-order valence-electron chi connectivity index (χ4n) is 0.617. The Kier molecular flexibility index (Phi) is 7.51. The van der Waals surface area contributed by atoms with Gasteiger partial charge in [0.2, 0.25) is 0 Å². The third kappa shape index (κ3) is 6.18. The average Bonchev–Trinajstić information content (AvgIpc) is 2.11. The van der Waals surface area contributed by atoms with Gasteiger partial charge in [-0.3, -0.25) is 9.09 Å². The van der Waals surface area contributed by atoms with Crippen molar-refractivity contribution in [1.29, 1.82) is 0 Å². The van der Waals surface area contributed by atoms with Crippen LogP contribution < -0.4 is 5.73 Å². The molecule has 13 heavy (non-hydrogen) atoms. The molecule has 0 aliphatic carbocycles. The van der Waals surface area contributed by atoms with Gasteiger partial charge >= 0.3 is 0 Å². The molecule has 0 heterocycles. The number of nitrogens with two attached hydrogens (primary N) is 1. The number of nitrogens with zero attached hydrogens (tertiary/aromatic N) is 1. The molecule has 2 atom stereocenters. The summed E-state index contributed by atoms with van der Waals surface area (Å²) in [7, 11) is 1.21. The second kappa shape index (κ2) is 7.47. The van der Waals surface area contributed by atoms with Crippen LogP contribution in [0.1, 0.15) is 13.3 Å². The fraction of sp³-hybridized carbons (Fsp3) is 1.00. The van der Waals surface area contributed by atoms with Gasteiger partial charge in [-0.2, -0.15) is 0 Å². The lowest BCUT2D eigenvalue weighted by Gasteiger charge is -2.18. The van der Waals surface area contributed by atoms with Gasteiger partial charge in [0.15, 0.2) is 6.29 Å². The van der Waals surface area contributed by atoms with Gasteiger partial charge < -0.3 is 10.5 Å². The van der Waals surface area contributed by atoms with Gasteiger partial charge in [0.25, 0.3) is 8.18 Å². The van der Waals surface area contributed by atoms with E-state index in [-0.39, 0.29) is 6.54 Å². The number of rotatable bonds is 7. The summed E-state index contributed by atoms with van der Waals surface area (Å²) in [6.45, 7) is 2.79. The second-order valence-electron chi connectivity index (χ2n) is 2.81. The van der Waals surface area contributed by atoms with Crippen molar-refractivity contribution in [1.82, 2.24) is 4.67 Å². The molecule has 0 radical (unpaired) electrons. The highest BCUT2D eigenvalue weighted by atomic mass is 31.1. The van der Waals surface area contributed by atoms with Gasteiger partial charge in [0, 0.05) is 13.2 Å². The highest BCUT2D eigenvalue weighted by Crippen LogP contribution is 2.26. The van der Waals surface area contributed by atoms with E-state index in [0.717, 1.165) is 6.42 Å². The number of ether oxygens (including phenoxy) is 1. The summed E-state index contributed by atoms with van der Waals surface area (Å²) in [5.41, 5.74) is 5.37. The first-order chi connectivity index (χ1) is 6.11. The molecule has 2 N–H and O–H groups in total. The fourth-order valence-corrected chi connectivity index (χ4v) is 1.22. The molecule has 0 aromatic rings. The zero-order valence-corrected chi connectivity index (χ0v) is 9.45. The summed E-state index contributed by atoms with van der Waals surface area (Å²) in [5.74, 6) is 0. The van der Waals surface area contributed by atoms with Crippen molar-refractivity contribution in [3.05, 3.63) is 0 Å². The first-order valence-corrected chi connectivity index (χ1v) is 5.57. The summed E-state index contributed by atoms with van der Waals surface area (Å²) in [4.78, 5) is 0. The molecule has 1 unspecified atom stereocenters. The SMILES string of the molecule is CCCO[C@@H](CN)O[PH](=O)N(C)C. The summed E-state index contributed by atoms with van der Waals surface area (Å²) in [6, 6.07) is 0. The first-order valence-electron chi connectivity index (χ1n) is 4.31. The maximum atomic E-state index is 11.2. The van der Waals surface area contributed by atoms with E-state index in [1.165, 1.54) is 4.67 Å². The monoisotopic (exact) mass is 210 g/mol. The van der Waals surface area contributed by atoms with E-state index in [2.05, 4.69) is 0 Å². The Hall–Kier alpha value is 0.0700. The van der Waals surface area contributed by atoms with E-state index in [4.69, 9.17) is 15.0 Å². The summed E-state index contributed by atoms with van der Waals surface area (Å²) in [6.07, 6.45) is 0.344. The van der Waals surface area contributed by atoms with E-state index < -0.39 is 14.5 Å². The largest absolute Gasteiger partial charge is 0.351 e. The molecule has 0 aromatic carbocycles. The molecule has 6 heteroatoms. The molecule has 0 aromatic heterocycles. The smallest absolute Gasteiger partial charge is 0.262 e. The summed E-state index contributed by atoms with van der Waals surface area (Å²) >= 11 is 0. The van der Waals surface area contributed by atoms with Crippen molar-refractivity contribution in [2.45, 2.75) is 19.6 Å². The van der Waals surface area contributed by atoms with Gasteiger partial charge in [-0.15, -0.1) is 0 Å². The lowest BCUT2D eigenvalue weighted by Crippen LogP contribution is -2.26. The molecule has 0 amide bonds. The summed E-state index contributed by atoms with van der Waals surface area (Å²) in [5, 5.41) is 0. The quantitative estimate of drug-likeness (QED) is 0.494. The van der Waals surface area contributed by atoms with Crippen LogP contribution in [0.3, 0.4) is 0 Å². The van der Waals surface area contributed by atoms with Crippen molar-refractivity contribution in [3.8, 4) is 0 Å². The third-order valence-corrected chi connectivity index (χ3v) is 2.49. The Balaban J connectivity index is 3.76. The molecule has 0 saturated heterocycles. The standard InChI is InChI=1S/C7H19N2O3P/c1-4-5-11-7(6-8)12-13(10)9(2)3/h7,13H,4-6,8H2,1-3H3/t7-/m1/s1. The first kappa shape index (κ1) is 13.1. The van der Waals surface area contributed by atoms with Gasteiger partial charge in [0.05, 0.1) is 0 Å². The van der Waals surface area contributed by atoms with Crippen LogP contribution in [0.2, 0.25) is 0 Å². The Morgan fingerprint density at radius 3 is 2.54 bits per heavy atom. The molecule has 5 nitrogen and oxygen atoms in total. The van der Waals surface area contributed by atoms with Gasteiger partial charge in [-0.05, 0) is 20.5 Å². The van der Waals surface area contributed by atoms with Gasteiger partial charge in [-0.1, -0.05) is 6.92 Å². The summed E-state index contributed by atoms with van der Waals surface area (Å²) < 4.78 is 23.0. The van der Waals surface area contributed by atoms with Crippen LogP contribution in [0, 0.1) is 0 Å². The topological polar surface area (TPSA) is 64.8 Å². The maximum Gasteiger partial charge on any atom is 0.262 e. The molecular weight excluding hydrogens is 191 g/mol. The van der Waals surface area contributed by atoms with E-state index in [1.54, 1.807) is 14.1 Å². The zero-order chi connectivity index (χ0) is 10.3. The average molecular weight is 210 g/mol. The molecule has 80 valence electrons. The van der Waals surface area contributed by atoms with Crippen molar-refractivity contribution in [3.63, 3.8) is 0 Å². The lowest BCUT2D eigenvalue weighted by atomic mass is 10.5. The molecule has 0 rings (SSSR count). The van der Waals surface area contributed by atoms with Crippen LogP contribution in [-0.2, 0) is 13.8 Å². The van der Waals surface area contributed by atoms with Gasteiger partial charge in [-0.25, -0.2) is 4.67 Å². The molecule has 0 aliphatic heterocycles. The van der Waals surface area contributed by atoms with E-state index in [9.17, 15) is 4.57 Å². The van der Waals surface area contributed by atoms with Gasteiger partial charge in [0.1, 0.15) is 0 Å². The highest BCUT2D eigenvalue weighted by molar-refractivity contribution is 7.36. The molecular formula is C7H19N2O3P. The van der Waals surface area contributed by atoms with Crippen molar-refractivity contribution < 1.29 is 13.8 Å². The molecule has 0 spiro atoms. The lowest BCUT2D eigenvalue weighted by molar-refractivity contribution is -0.0711. The molecule has 0 saturated carbocycles. The number of hydrogen-bond donors (Lipinski definition) is 1. The Labute approximate surface area is 80.1 Å². The molecule has 0 bridgehead atoms. The minimum absolute atomic E-state index is 0.226. The van der Waals surface area contributed by atoms with Crippen molar-refractivity contribution >= 4 is 8.18 Å². The minimum atomic E-state index is -2.17. The zero-order valence-electron chi connectivity index (χ0n) is 8.45. The van der Waals surface area contributed by atoms with Crippen LogP contribution in [-0.4, -0.2) is 38.2 Å².